The van der Waals surface area contributed by atoms with E-state index in [-0.39, 0.29) is 11.3 Å². The molecular formula is C8H9F2NO. The molecule has 1 unspecified atom stereocenters. The molecule has 0 aromatic heterocycles. The number of nitrogen functional groups attached to an aromatic ring is 1. The smallest absolute Gasteiger partial charge is 0.160 e. The van der Waals surface area contributed by atoms with Gasteiger partial charge < -0.3 is 10.8 Å². The van der Waals surface area contributed by atoms with Crippen LogP contribution in [0.25, 0.3) is 0 Å². The number of aliphatic hydroxyl groups is 1. The van der Waals surface area contributed by atoms with Gasteiger partial charge >= 0.3 is 0 Å². The van der Waals surface area contributed by atoms with Crippen molar-refractivity contribution < 1.29 is 13.9 Å². The van der Waals surface area contributed by atoms with Crippen molar-refractivity contribution in [3.63, 3.8) is 0 Å². The second kappa shape index (κ2) is 3.06. The predicted molar refractivity (Wildman–Crippen MR) is 41.4 cm³/mol. The van der Waals surface area contributed by atoms with Gasteiger partial charge in [-0.25, -0.2) is 8.78 Å². The van der Waals surface area contributed by atoms with E-state index < -0.39 is 17.7 Å². The molecule has 4 heteroatoms. The van der Waals surface area contributed by atoms with Crippen molar-refractivity contribution in [3.8, 4) is 0 Å². The number of halogens is 2. The van der Waals surface area contributed by atoms with Gasteiger partial charge in [0.1, 0.15) is 0 Å². The van der Waals surface area contributed by atoms with E-state index in [2.05, 4.69) is 0 Å². The Labute approximate surface area is 68.6 Å². The van der Waals surface area contributed by atoms with Gasteiger partial charge in [0, 0.05) is 17.3 Å². The summed E-state index contributed by atoms with van der Waals surface area (Å²) in [4.78, 5) is 0. The molecule has 0 saturated heterocycles. The first kappa shape index (κ1) is 8.93. The van der Waals surface area contributed by atoms with Gasteiger partial charge in [0.15, 0.2) is 11.6 Å². The number of aliphatic hydroxyl groups excluding tert-OH is 1. The van der Waals surface area contributed by atoms with Crippen LogP contribution in [-0.4, -0.2) is 5.11 Å². The van der Waals surface area contributed by atoms with Gasteiger partial charge in [-0.15, -0.1) is 0 Å². The molecule has 0 saturated carbocycles. The van der Waals surface area contributed by atoms with Crippen LogP contribution in [0.3, 0.4) is 0 Å². The Morgan fingerprint density at radius 1 is 1.33 bits per heavy atom. The highest BCUT2D eigenvalue weighted by molar-refractivity contribution is 5.48. The minimum atomic E-state index is -1.00. The first-order valence-electron chi connectivity index (χ1n) is 3.45. The zero-order valence-electron chi connectivity index (χ0n) is 6.51. The normalized spacial score (nSPS) is 13.0. The molecule has 0 fully saturated rings. The van der Waals surface area contributed by atoms with Gasteiger partial charge in [-0.1, -0.05) is 0 Å². The lowest BCUT2D eigenvalue weighted by Gasteiger charge is -2.08. The molecule has 0 bridgehead atoms. The molecule has 1 rings (SSSR count). The van der Waals surface area contributed by atoms with Gasteiger partial charge in [-0.3, -0.25) is 0 Å². The minimum Gasteiger partial charge on any atom is -0.398 e. The Morgan fingerprint density at radius 3 is 2.33 bits per heavy atom. The van der Waals surface area contributed by atoms with Gasteiger partial charge in [-0.2, -0.15) is 0 Å². The van der Waals surface area contributed by atoms with E-state index in [0.717, 1.165) is 12.1 Å². The van der Waals surface area contributed by atoms with Gasteiger partial charge in [0.05, 0.1) is 6.10 Å². The Balaban J connectivity index is 3.23. The first-order valence-corrected chi connectivity index (χ1v) is 3.45. The third-order valence-corrected chi connectivity index (χ3v) is 1.58. The standard InChI is InChI=1S/C8H9F2NO/c1-4(12)5-2-6(9)7(10)3-8(5)11/h2-4,12H,11H2,1H3. The third-order valence-electron chi connectivity index (χ3n) is 1.58. The Hall–Kier alpha value is -1.16. The molecule has 1 aromatic rings. The van der Waals surface area contributed by atoms with Crippen LogP contribution in [-0.2, 0) is 0 Å². The highest BCUT2D eigenvalue weighted by atomic mass is 19.2. The monoisotopic (exact) mass is 173 g/mol. The maximum absolute atomic E-state index is 12.6. The summed E-state index contributed by atoms with van der Waals surface area (Å²) < 4.78 is 25.1. The molecule has 0 spiro atoms. The van der Waals surface area contributed by atoms with E-state index in [1.807, 2.05) is 0 Å². The number of anilines is 1. The van der Waals surface area contributed by atoms with Crippen LogP contribution in [0.15, 0.2) is 12.1 Å². The van der Waals surface area contributed by atoms with Crippen LogP contribution < -0.4 is 5.73 Å². The second-order valence-corrected chi connectivity index (χ2v) is 2.57. The summed E-state index contributed by atoms with van der Waals surface area (Å²) in [5, 5.41) is 9.05. The molecule has 1 aromatic carbocycles. The van der Waals surface area contributed by atoms with Crippen molar-refractivity contribution in [1.29, 1.82) is 0 Å². The van der Waals surface area contributed by atoms with Crippen molar-refractivity contribution in [2.75, 3.05) is 5.73 Å². The molecule has 0 aliphatic rings. The Bertz CT molecular complexity index is 299. The minimum absolute atomic E-state index is 0.0592. The van der Waals surface area contributed by atoms with Gasteiger partial charge in [0.2, 0.25) is 0 Å². The molecule has 3 N–H and O–H groups in total. The van der Waals surface area contributed by atoms with E-state index in [1.165, 1.54) is 6.92 Å². The van der Waals surface area contributed by atoms with E-state index in [0.29, 0.717) is 0 Å². The average molecular weight is 173 g/mol. The Kier molecular flexibility index (Phi) is 2.28. The van der Waals surface area contributed by atoms with Crippen molar-refractivity contribution in [2.24, 2.45) is 0 Å². The Morgan fingerprint density at radius 2 is 1.83 bits per heavy atom. The van der Waals surface area contributed by atoms with Crippen molar-refractivity contribution in [1.82, 2.24) is 0 Å². The fraction of sp³-hybridized carbons (Fsp3) is 0.250. The molecule has 12 heavy (non-hydrogen) atoms. The molecule has 0 amide bonds. The highest BCUT2D eigenvalue weighted by Crippen LogP contribution is 2.22. The SMILES string of the molecule is CC(O)c1cc(F)c(F)cc1N. The number of benzene rings is 1. The summed E-state index contributed by atoms with van der Waals surface area (Å²) in [5.74, 6) is -2.00. The van der Waals surface area contributed by atoms with E-state index in [4.69, 9.17) is 10.8 Å². The molecule has 1 atom stereocenters. The van der Waals surface area contributed by atoms with E-state index in [1.54, 1.807) is 0 Å². The molecule has 66 valence electrons. The summed E-state index contributed by atoms with van der Waals surface area (Å²) in [6.07, 6.45) is -0.889. The average Bonchev–Trinajstić information content (AvgIpc) is 1.96. The zero-order valence-corrected chi connectivity index (χ0v) is 6.51. The lowest BCUT2D eigenvalue weighted by molar-refractivity contribution is 0.199. The fourth-order valence-electron chi connectivity index (χ4n) is 0.939. The van der Waals surface area contributed by atoms with Crippen LogP contribution >= 0.6 is 0 Å². The second-order valence-electron chi connectivity index (χ2n) is 2.57. The maximum atomic E-state index is 12.6. The first-order chi connectivity index (χ1) is 5.52. The van der Waals surface area contributed by atoms with Crippen molar-refractivity contribution >= 4 is 5.69 Å². The summed E-state index contributed by atoms with van der Waals surface area (Å²) in [6.45, 7) is 1.43. The number of hydrogen-bond donors (Lipinski definition) is 2. The van der Waals surface area contributed by atoms with Crippen molar-refractivity contribution in [2.45, 2.75) is 13.0 Å². The third kappa shape index (κ3) is 1.53. The molecule has 2 nitrogen and oxygen atoms in total. The van der Waals surface area contributed by atoms with Crippen LogP contribution in [0.1, 0.15) is 18.6 Å². The van der Waals surface area contributed by atoms with Crippen molar-refractivity contribution in [3.05, 3.63) is 29.3 Å². The topological polar surface area (TPSA) is 46.2 Å². The molecular weight excluding hydrogens is 164 g/mol. The maximum Gasteiger partial charge on any atom is 0.160 e. The van der Waals surface area contributed by atoms with E-state index in [9.17, 15) is 8.78 Å². The van der Waals surface area contributed by atoms with Crippen LogP contribution in [0.5, 0.6) is 0 Å². The number of rotatable bonds is 1. The lowest BCUT2D eigenvalue weighted by atomic mass is 10.1. The molecule has 0 aliphatic heterocycles. The van der Waals surface area contributed by atoms with Crippen LogP contribution in [0.4, 0.5) is 14.5 Å². The number of nitrogens with two attached hydrogens (primary N) is 1. The zero-order chi connectivity index (χ0) is 9.30. The van der Waals surface area contributed by atoms with Gasteiger partial charge in [-0.05, 0) is 13.0 Å². The largest absolute Gasteiger partial charge is 0.398 e. The summed E-state index contributed by atoms with van der Waals surface area (Å²) in [6, 6.07) is 1.76. The molecule has 0 aliphatic carbocycles. The quantitative estimate of drug-likeness (QED) is 0.633. The summed E-state index contributed by atoms with van der Waals surface area (Å²) in [7, 11) is 0. The van der Waals surface area contributed by atoms with Crippen LogP contribution in [0.2, 0.25) is 0 Å². The van der Waals surface area contributed by atoms with E-state index >= 15 is 0 Å². The van der Waals surface area contributed by atoms with Gasteiger partial charge in [0.25, 0.3) is 0 Å². The molecule has 0 heterocycles. The fourth-order valence-corrected chi connectivity index (χ4v) is 0.939. The van der Waals surface area contributed by atoms with Crippen LogP contribution in [0, 0.1) is 11.6 Å². The summed E-state index contributed by atoms with van der Waals surface area (Å²) >= 11 is 0. The predicted octanol–water partition coefficient (Wildman–Crippen LogP) is 1.60. The summed E-state index contributed by atoms with van der Waals surface area (Å²) in [5.41, 5.74) is 5.59. The number of hydrogen-bond acceptors (Lipinski definition) is 2. The lowest BCUT2D eigenvalue weighted by Crippen LogP contribution is -2.01. The highest BCUT2D eigenvalue weighted by Gasteiger charge is 2.10. The molecule has 0 radical (unpaired) electrons.